The molecule has 140 valence electrons. The van der Waals surface area contributed by atoms with Gasteiger partial charge < -0.3 is 14.4 Å². The average Bonchev–Trinajstić information content (AvgIpc) is 3.21. The molecule has 1 saturated heterocycles. The minimum Gasteiger partial charge on any atom is -0.493 e. The first-order valence-corrected chi connectivity index (χ1v) is 8.87. The van der Waals surface area contributed by atoms with E-state index in [1.54, 1.807) is 43.1 Å². The number of rotatable bonds is 4. The Morgan fingerprint density at radius 1 is 1.15 bits per heavy atom. The third-order valence-corrected chi connectivity index (χ3v) is 4.97. The summed E-state index contributed by atoms with van der Waals surface area (Å²) in [6.07, 6.45) is 5.17. The highest BCUT2D eigenvalue weighted by atomic mass is 16.5. The van der Waals surface area contributed by atoms with Gasteiger partial charge in [0.05, 0.1) is 19.9 Å². The molecule has 3 aromatic rings. The van der Waals surface area contributed by atoms with E-state index in [4.69, 9.17) is 9.47 Å². The van der Waals surface area contributed by atoms with Gasteiger partial charge in [-0.2, -0.15) is 10.1 Å². The minimum atomic E-state index is -0.00968. The molecule has 1 aromatic carbocycles. The number of nitrogens with zero attached hydrogens (tertiary/aromatic N) is 5. The number of hydrogen-bond acceptors (Lipinski definition) is 6. The second-order valence-electron chi connectivity index (χ2n) is 6.50. The van der Waals surface area contributed by atoms with Crippen LogP contribution in [0.5, 0.6) is 11.5 Å². The van der Waals surface area contributed by atoms with Crippen LogP contribution in [-0.2, 0) is 0 Å². The maximum atomic E-state index is 13.0. The topological polar surface area (TPSA) is 81.9 Å². The largest absolute Gasteiger partial charge is 0.493 e. The standard InChI is InChI=1S/C19H21N5O3/c1-26-16-6-5-13(10-17(16)27-2)18(25)23-9-3-4-14(11-23)15-7-8-20-19-21-12-22-24(15)19/h5-8,10,12,14H,3-4,9,11H2,1-2H3. The Morgan fingerprint density at radius 2 is 2.00 bits per heavy atom. The number of amides is 1. The molecule has 3 heterocycles. The number of hydrogen-bond donors (Lipinski definition) is 0. The van der Waals surface area contributed by atoms with Gasteiger partial charge in [-0.1, -0.05) is 0 Å². The third kappa shape index (κ3) is 3.18. The molecule has 1 fully saturated rings. The van der Waals surface area contributed by atoms with Gasteiger partial charge in [0.25, 0.3) is 11.7 Å². The molecule has 1 amide bonds. The summed E-state index contributed by atoms with van der Waals surface area (Å²) in [5.74, 6) is 1.92. The van der Waals surface area contributed by atoms with Crippen molar-refractivity contribution >= 4 is 11.7 Å². The summed E-state index contributed by atoms with van der Waals surface area (Å²) in [6, 6.07) is 7.22. The summed E-state index contributed by atoms with van der Waals surface area (Å²) >= 11 is 0. The lowest BCUT2D eigenvalue weighted by Crippen LogP contribution is -2.39. The van der Waals surface area contributed by atoms with Crippen LogP contribution in [0.3, 0.4) is 0 Å². The van der Waals surface area contributed by atoms with Gasteiger partial charge in [-0.05, 0) is 37.1 Å². The molecule has 1 unspecified atom stereocenters. The van der Waals surface area contributed by atoms with Gasteiger partial charge in [0.15, 0.2) is 11.5 Å². The molecule has 0 aliphatic carbocycles. The Morgan fingerprint density at radius 3 is 2.81 bits per heavy atom. The van der Waals surface area contributed by atoms with E-state index in [0.29, 0.717) is 29.4 Å². The second-order valence-corrected chi connectivity index (χ2v) is 6.50. The zero-order chi connectivity index (χ0) is 18.8. The fraction of sp³-hybridized carbons (Fsp3) is 0.368. The van der Waals surface area contributed by atoms with Crippen molar-refractivity contribution in [3.05, 3.63) is 48.0 Å². The number of ether oxygens (including phenoxy) is 2. The summed E-state index contributed by atoms with van der Waals surface area (Å²) in [6.45, 7) is 1.36. The summed E-state index contributed by atoms with van der Waals surface area (Å²) < 4.78 is 12.3. The van der Waals surface area contributed by atoms with Crippen molar-refractivity contribution in [3.63, 3.8) is 0 Å². The smallest absolute Gasteiger partial charge is 0.254 e. The number of benzene rings is 1. The minimum absolute atomic E-state index is 0.00968. The molecule has 1 aliphatic heterocycles. The van der Waals surface area contributed by atoms with Gasteiger partial charge >= 0.3 is 0 Å². The molecule has 1 aliphatic rings. The molecule has 8 nitrogen and oxygen atoms in total. The first-order valence-electron chi connectivity index (χ1n) is 8.87. The van der Waals surface area contributed by atoms with E-state index in [1.807, 2.05) is 11.0 Å². The van der Waals surface area contributed by atoms with Crippen molar-refractivity contribution < 1.29 is 14.3 Å². The fourth-order valence-electron chi connectivity index (χ4n) is 3.62. The zero-order valence-electron chi connectivity index (χ0n) is 15.3. The van der Waals surface area contributed by atoms with Gasteiger partial charge in [0, 0.05) is 30.8 Å². The van der Waals surface area contributed by atoms with Crippen LogP contribution in [0.25, 0.3) is 5.78 Å². The lowest BCUT2D eigenvalue weighted by atomic mass is 9.94. The molecule has 2 aromatic heterocycles. The van der Waals surface area contributed by atoms with Crippen molar-refractivity contribution in [3.8, 4) is 11.5 Å². The summed E-state index contributed by atoms with van der Waals surface area (Å²) in [7, 11) is 3.14. The summed E-state index contributed by atoms with van der Waals surface area (Å²) in [4.78, 5) is 23.3. The van der Waals surface area contributed by atoms with Crippen LogP contribution >= 0.6 is 0 Å². The quantitative estimate of drug-likeness (QED) is 0.703. The monoisotopic (exact) mass is 367 g/mol. The average molecular weight is 367 g/mol. The number of piperidine rings is 1. The van der Waals surface area contributed by atoms with Gasteiger partial charge in [0.2, 0.25) is 0 Å². The number of carbonyl (C=O) groups is 1. The Balaban J connectivity index is 1.58. The Kier molecular flexibility index (Phi) is 4.62. The third-order valence-electron chi connectivity index (χ3n) is 4.97. The van der Waals surface area contributed by atoms with Gasteiger partial charge in [-0.15, -0.1) is 0 Å². The van der Waals surface area contributed by atoms with Gasteiger partial charge in [-0.3, -0.25) is 4.79 Å². The normalized spacial score (nSPS) is 17.1. The van der Waals surface area contributed by atoms with E-state index >= 15 is 0 Å². The molecule has 0 spiro atoms. The van der Waals surface area contributed by atoms with E-state index in [0.717, 1.165) is 25.1 Å². The molecule has 0 radical (unpaired) electrons. The Hall–Kier alpha value is -3.16. The van der Waals surface area contributed by atoms with Crippen molar-refractivity contribution in [2.45, 2.75) is 18.8 Å². The highest BCUT2D eigenvalue weighted by Crippen LogP contribution is 2.30. The van der Waals surface area contributed by atoms with Crippen LogP contribution in [0.1, 0.15) is 34.8 Å². The predicted molar refractivity (Wildman–Crippen MR) is 98.2 cm³/mol. The zero-order valence-corrected chi connectivity index (χ0v) is 15.3. The SMILES string of the molecule is COc1ccc(C(=O)N2CCCC(c3ccnc4ncnn34)C2)cc1OC. The predicted octanol–water partition coefficient (Wildman–Crippen LogP) is 2.16. The van der Waals surface area contributed by atoms with Crippen molar-refractivity contribution in [1.82, 2.24) is 24.5 Å². The fourth-order valence-corrected chi connectivity index (χ4v) is 3.62. The molecule has 0 N–H and O–H groups in total. The number of carbonyl (C=O) groups excluding carboxylic acids is 1. The lowest BCUT2D eigenvalue weighted by molar-refractivity contribution is 0.0704. The van der Waals surface area contributed by atoms with E-state index < -0.39 is 0 Å². The molecule has 27 heavy (non-hydrogen) atoms. The molecular weight excluding hydrogens is 346 g/mol. The number of fused-ring (bicyclic) bond motifs is 1. The molecule has 1 atom stereocenters. The number of likely N-dealkylation sites (tertiary alicyclic amines) is 1. The maximum Gasteiger partial charge on any atom is 0.254 e. The van der Waals surface area contributed by atoms with Crippen molar-refractivity contribution in [1.29, 1.82) is 0 Å². The van der Waals surface area contributed by atoms with Crippen LogP contribution in [0.4, 0.5) is 0 Å². The van der Waals surface area contributed by atoms with Gasteiger partial charge in [-0.25, -0.2) is 9.50 Å². The maximum absolute atomic E-state index is 13.0. The Labute approximate surface area is 156 Å². The van der Waals surface area contributed by atoms with Crippen LogP contribution in [0, 0.1) is 0 Å². The second kappa shape index (κ2) is 7.22. The number of methoxy groups -OCH3 is 2. The van der Waals surface area contributed by atoms with E-state index in [-0.39, 0.29) is 11.8 Å². The van der Waals surface area contributed by atoms with E-state index in [1.165, 1.54) is 6.33 Å². The van der Waals surface area contributed by atoms with Crippen molar-refractivity contribution in [2.24, 2.45) is 0 Å². The Bertz CT molecular complexity index is 971. The van der Waals surface area contributed by atoms with Gasteiger partial charge in [0.1, 0.15) is 6.33 Å². The van der Waals surface area contributed by atoms with E-state index in [9.17, 15) is 4.79 Å². The first-order chi connectivity index (χ1) is 13.2. The van der Waals surface area contributed by atoms with E-state index in [2.05, 4.69) is 15.1 Å². The van der Waals surface area contributed by atoms with Crippen molar-refractivity contribution in [2.75, 3.05) is 27.3 Å². The molecule has 4 rings (SSSR count). The molecule has 0 bridgehead atoms. The highest BCUT2D eigenvalue weighted by molar-refractivity contribution is 5.95. The van der Waals surface area contributed by atoms with Crippen LogP contribution < -0.4 is 9.47 Å². The number of aromatic nitrogens is 4. The molecular formula is C19H21N5O3. The highest BCUT2D eigenvalue weighted by Gasteiger charge is 2.27. The lowest BCUT2D eigenvalue weighted by Gasteiger charge is -2.33. The summed E-state index contributed by atoms with van der Waals surface area (Å²) in [5.41, 5.74) is 1.62. The first kappa shape index (κ1) is 17.3. The van der Waals surface area contributed by atoms with Crippen LogP contribution in [0.15, 0.2) is 36.8 Å². The van der Waals surface area contributed by atoms with Crippen LogP contribution in [0.2, 0.25) is 0 Å². The molecule has 8 heteroatoms. The molecule has 0 saturated carbocycles. The van der Waals surface area contributed by atoms with Crippen LogP contribution in [-0.4, -0.2) is 57.7 Å². The summed E-state index contributed by atoms with van der Waals surface area (Å²) in [5, 5.41) is 4.27.